The summed E-state index contributed by atoms with van der Waals surface area (Å²) in [5.74, 6) is -3.84. The van der Waals surface area contributed by atoms with Gasteiger partial charge in [-0.25, -0.2) is 0 Å². The molecule has 0 radical (unpaired) electrons. The van der Waals surface area contributed by atoms with Crippen molar-refractivity contribution in [2.45, 2.75) is 116 Å². The van der Waals surface area contributed by atoms with E-state index >= 15 is 0 Å². The van der Waals surface area contributed by atoms with Gasteiger partial charge in [0, 0.05) is 0 Å². The molecule has 0 saturated carbocycles. The molecule has 0 aromatic rings. The number of rotatable bonds is 21. The summed E-state index contributed by atoms with van der Waals surface area (Å²) < 4.78 is 30.2. The molecular formula is C23H40Na2O7S. The zero-order valence-electron chi connectivity index (χ0n) is 21.0. The smallest absolute Gasteiger partial charge is 0.545 e. The van der Waals surface area contributed by atoms with Crippen LogP contribution in [0.2, 0.25) is 0 Å². The van der Waals surface area contributed by atoms with Crippen LogP contribution in [0.25, 0.3) is 0 Å². The van der Waals surface area contributed by atoms with Crippen molar-refractivity contribution in [2.75, 3.05) is 5.75 Å². The monoisotopic (exact) mass is 506 g/mol. The van der Waals surface area contributed by atoms with Gasteiger partial charge in [0.15, 0.2) is 0 Å². The third kappa shape index (κ3) is 24.1. The van der Waals surface area contributed by atoms with Crippen LogP contribution in [0.4, 0.5) is 0 Å². The number of carboxylic acid groups (broad SMARTS) is 2. The van der Waals surface area contributed by atoms with E-state index in [2.05, 4.69) is 6.92 Å². The van der Waals surface area contributed by atoms with Gasteiger partial charge in [0.1, 0.15) is 0 Å². The van der Waals surface area contributed by atoms with Gasteiger partial charge in [-0.15, -0.1) is 0 Å². The molecule has 0 rings (SSSR count). The van der Waals surface area contributed by atoms with Gasteiger partial charge in [-0.2, -0.15) is 8.42 Å². The third-order valence-corrected chi connectivity index (χ3v) is 6.27. The molecule has 0 amide bonds. The van der Waals surface area contributed by atoms with Crippen molar-refractivity contribution in [3.8, 4) is 0 Å². The summed E-state index contributed by atoms with van der Waals surface area (Å²) in [6.07, 6.45) is 15.8. The minimum absolute atomic E-state index is 0. The first-order valence-corrected chi connectivity index (χ1v) is 13.4. The van der Waals surface area contributed by atoms with Crippen molar-refractivity contribution in [1.29, 1.82) is 0 Å². The predicted molar refractivity (Wildman–Crippen MR) is 118 cm³/mol. The second-order valence-corrected chi connectivity index (χ2v) is 9.84. The van der Waals surface area contributed by atoms with E-state index in [0.29, 0.717) is 6.42 Å². The summed E-state index contributed by atoms with van der Waals surface area (Å²) in [6.45, 7) is 2.22. The molecule has 0 heterocycles. The normalized spacial score (nSPS) is 11.8. The molecule has 0 aliphatic carbocycles. The van der Waals surface area contributed by atoms with E-state index in [0.717, 1.165) is 25.7 Å². The second kappa shape index (κ2) is 24.3. The van der Waals surface area contributed by atoms with E-state index in [1.807, 2.05) is 0 Å². The molecular weight excluding hydrogens is 466 g/mol. The molecule has 0 fully saturated rings. The Balaban J connectivity index is -0.00000450. The fraction of sp³-hybridized carbons (Fsp3) is 0.826. The van der Waals surface area contributed by atoms with Crippen molar-refractivity contribution in [3.05, 3.63) is 11.1 Å². The number of hydrogen-bond acceptors (Lipinski definition) is 6. The number of carbonyl (C=O) groups excluding carboxylic acids is 2. The minimum atomic E-state index is -4.23. The minimum Gasteiger partial charge on any atom is -0.545 e. The van der Waals surface area contributed by atoms with E-state index in [9.17, 15) is 28.2 Å². The van der Waals surface area contributed by atoms with Crippen molar-refractivity contribution in [1.82, 2.24) is 0 Å². The van der Waals surface area contributed by atoms with Crippen LogP contribution in [0, 0.1) is 0 Å². The molecule has 33 heavy (non-hydrogen) atoms. The molecule has 0 unspecified atom stereocenters. The average Bonchev–Trinajstić information content (AvgIpc) is 2.68. The summed E-state index contributed by atoms with van der Waals surface area (Å²) in [6, 6.07) is 0. The van der Waals surface area contributed by atoms with Crippen molar-refractivity contribution < 1.29 is 91.9 Å². The average molecular weight is 507 g/mol. The number of carboxylic acids is 2. The van der Waals surface area contributed by atoms with Crippen LogP contribution >= 0.6 is 0 Å². The largest absolute Gasteiger partial charge is 1.00 e. The van der Waals surface area contributed by atoms with Gasteiger partial charge >= 0.3 is 59.1 Å². The van der Waals surface area contributed by atoms with Gasteiger partial charge in [0.2, 0.25) is 0 Å². The zero-order chi connectivity index (χ0) is 23.5. The van der Waals surface area contributed by atoms with E-state index < -0.39 is 33.4 Å². The summed E-state index contributed by atoms with van der Waals surface area (Å²) in [7, 11) is -4.23. The Morgan fingerprint density at radius 3 is 1.21 bits per heavy atom. The molecule has 1 N–H and O–H groups in total. The molecule has 0 bridgehead atoms. The quantitative estimate of drug-likeness (QED) is 0.0777. The van der Waals surface area contributed by atoms with Crippen LogP contribution in [0.5, 0.6) is 0 Å². The summed E-state index contributed by atoms with van der Waals surface area (Å²) >= 11 is 0. The van der Waals surface area contributed by atoms with Gasteiger partial charge in [-0.05, 0) is 36.8 Å². The first-order chi connectivity index (χ1) is 14.7. The maximum absolute atomic E-state index is 11.3. The van der Waals surface area contributed by atoms with Crippen LogP contribution in [0.15, 0.2) is 11.1 Å². The topological polar surface area (TPSA) is 135 Å². The Kier molecular flexibility index (Phi) is 28.1. The number of hydrogen-bond donors (Lipinski definition) is 1. The molecule has 0 spiro atoms. The first-order valence-electron chi connectivity index (χ1n) is 11.8. The molecule has 7 nitrogen and oxygen atoms in total. The fourth-order valence-corrected chi connectivity index (χ4v) is 4.19. The molecule has 0 aromatic carbocycles. The Morgan fingerprint density at radius 2 is 0.909 bits per heavy atom. The number of carbonyl (C=O) groups is 2. The zero-order valence-corrected chi connectivity index (χ0v) is 25.8. The maximum atomic E-state index is 11.3. The van der Waals surface area contributed by atoms with Gasteiger partial charge in [-0.1, -0.05) is 90.4 Å². The SMILES string of the molecule is CCCCCCCCCCCCCCCC/C(C(=O)[O-])=C(\CCCS(=O)(=O)O)C(=O)[O-].[Na+].[Na+]. The van der Waals surface area contributed by atoms with E-state index in [4.69, 9.17) is 4.55 Å². The fourth-order valence-electron chi connectivity index (χ4n) is 3.68. The Labute approximate surface area is 244 Å². The van der Waals surface area contributed by atoms with E-state index in [1.54, 1.807) is 0 Å². The molecule has 10 heteroatoms. The van der Waals surface area contributed by atoms with Gasteiger partial charge in [0.05, 0.1) is 17.7 Å². The number of aliphatic carboxylic acids is 2. The summed E-state index contributed by atoms with van der Waals surface area (Å²) in [5.41, 5.74) is -0.785. The Hall–Kier alpha value is 0.590. The molecule has 0 aliphatic rings. The molecule has 0 atom stereocenters. The predicted octanol–water partition coefficient (Wildman–Crippen LogP) is -2.67. The van der Waals surface area contributed by atoms with Crippen molar-refractivity contribution >= 4 is 22.1 Å². The molecule has 0 aromatic heterocycles. The Morgan fingerprint density at radius 1 is 0.606 bits per heavy atom. The molecule has 0 aliphatic heterocycles. The summed E-state index contributed by atoms with van der Waals surface area (Å²) in [4.78, 5) is 22.6. The first kappa shape index (κ1) is 38.1. The second-order valence-electron chi connectivity index (χ2n) is 8.27. The van der Waals surface area contributed by atoms with Crippen LogP contribution in [-0.4, -0.2) is 30.7 Å². The van der Waals surface area contributed by atoms with Gasteiger partial charge < -0.3 is 19.8 Å². The van der Waals surface area contributed by atoms with Crippen LogP contribution in [-0.2, 0) is 19.7 Å². The van der Waals surface area contributed by atoms with Gasteiger partial charge in [0.25, 0.3) is 10.1 Å². The standard InChI is InChI=1S/C23H42O7S.2Na/c1-2-3-4-5-6-7-8-9-10-11-12-13-14-15-17-20(22(24)25)21(23(26)27)18-16-19-31(28,29)30;;/h2-19H2,1H3,(H,24,25)(H,26,27)(H,28,29,30);;/q;2*+1/p-2/b21-20-;;. The van der Waals surface area contributed by atoms with E-state index in [1.165, 1.54) is 57.8 Å². The van der Waals surface area contributed by atoms with Crippen LogP contribution in [0.3, 0.4) is 0 Å². The van der Waals surface area contributed by atoms with Gasteiger partial charge in [-0.3, -0.25) is 4.55 Å². The van der Waals surface area contributed by atoms with Crippen LogP contribution in [0.1, 0.15) is 116 Å². The Bertz CT molecular complexity index is 649. The van der Waals surface area contributed by atoms with Crippen LogP contribution < -0.4 is 69.3 Å². The summed E-state index contributed by atoms with van der Waals surface area (Å²) in [5, 5.41) is 22.6. The van der Waals surface area contributed by atoms with E-state index in [-0.39, 0.29) is 84.0 Å². The third-order valence-electron chi connectivity index (χ3n) is 5.47. The molecule has 182 valence electrons. The molecule has 0 saturated heterocycles. The number of unbranched alkanes of at least 4 members (excludes halogenated alkanes) is 13. The van der Waals surface area contributed by atoms with Crippen molar-refractivity contribution in [3.63, 3.8) is 0 Å². The maximum Gasteiger partial charge on any atom is 1.00 e. The van der Waals surface area contributed by atoms with Crippen molar-refractivity contribution in [2.24, 2.45) is 0 Å².